The summed E-state index contributed by atoms with van der Waals surface area (Å²) in [6.07, 6.45) is 10.5. The topological polar surface area (TPSA) is 38.3 Å². The highest BCUT2D eigenvalue weighted by Gasteiger charge is 2.21. The average molecular weight is 303 g/mol. The number of ether oxygens (including phenoxy) is 1. The quantitative estimate of drug-likeness (QED) is 0.683. The van der Waals surface area contributed by atoms with Gasteiger partial charge in [-0.2, -0.15) is 0 Å². The fourth-order valence-electron chi connectivity index (χ4n) is 3.47. The molecule has 2 rings (SSSR count). The molecule has 1 aliphatic rings. The van der Waals surface area contributed by atoms with Gasteiger partial charge in [0.2, 0.25) is 0 Å². The summed E-state index contributed by atoms with van der Waals surface area (Å²) in [5.74, 6) is 1.64. The predicted octanol–water partition coefficient (Wildman–Crippen LogP) is 5.72. The fraction of sp³-hybridized carbons (Fsp3) is 0.632. The first-order valence-corrected chi connectivity index (χ1v) is 8.67. The number of hydrogen-bond donors (Lipinski definition) is 1. The fourth-order valence-corrected chi connectivity index (χ4v) is 3.47. The molecule has 1 aromatic rings. The van der Waals surface area contributed by atoms with E-state index in [9.17, 15) is 4.79 Å². The number of carbonyl (C=O) groups is 1. The number of amides is 1. The predicted molar refractivity (Wildman–Crippen MR) is 91.3 cm³/mol. The number of methoxy groups -OCH3 is 1. The van der Waals surface area contributed by atoms with Gasteiger partial charge in [0.05, 0.1) is 7.11 Å². The van der Waals surface area contributed by atoms with Crippen LogP contribution in [0.3, 0.4) is 0 Å². The van der Waals surface area contributed by atoms with E-state index in [1.54, 1.807) is 0 Å². The molecule has 0 bridgehead atoms. The SMILES string of the molecule is CCCCCC1CCC(c2ccc(NC(=O)OC)cc2)CC1. The Labute approximate surface area is 134 Å². The number of carbonyl (C=O) groups excluding carboxylic acids is 1. The Morgan fingerprint density at radius 2 is 1.82 bits per heavy atom. The van der Waals surface area contributed by atoms with Crippen LogP contribution in [0.2, 0.25) is 0 Å². The van der Waals surface area contributed by atoms with Crippen molar-refractivity contribution in [2.45, 2.75) is 64.2 Å². The second-order valence-corrected chi connectivity index (χ2v) is 6.45. The maximum Gasteiger partial charge on any atom is 0.411 e. The third-order valence-electron chi connectivity index (χ3n) is 4.88. The minimum Gasteiger partial charge on any atom is -0.453 e. The van der Waals surface area contributed by atoms with Gasteiger partial charge >= 0.3 is 6.09 Å². The molecule has 1 amide bonds. The Hall–Kier alpha value is -1.51. The van der Waals surface area contributed by atoms with Crippen LogP contribution in [0.4, 0.5) is 10.5 Å². The zero-order valence-corrected chi connectivity index (χ0v) is 13.9. The first-order chi connectivity index (χ1) is 10.7. The van der Waals surface area contributed by atoms with Crippen LogP contribution in [-0.2, 0) is 4.74 Å². The molecule has 1 aliphatic carbocycles. The van der Waals surface area contributed by atoms with E-state index >= 15 is 0 Å². The monoisotopic (exact) mass is 303 g/mol. The van der Waals surface area contributed by atoms with Crippen molar-refractivity contribution in [3.63, 3.8) is 0 Å². The molecule has 1 N–H and O–H groups in total. The Morgan fingerprint density at radius 3 is 2.41 bits per heavy atom. The van der Waals surface area contributed by atoms with Crippen LogP contribution in [0.1, 0.15) is 69.8 Å². The maximum atomic E-state index is 11.2. The van der Waals surface area contributed by atoms with E-state index in [4.69, 9.17) is 0 Å². The van der Waals surface area contributed by atoms with Gasteiger partial charge in [-0.05, 0) is 55.2 Å². The van der Waals surface area contributed by atoms with Gasteiger partial charge in [0.25, 0.3) is 0 Å². The largest absolute Gasteiger partial charge is 0.453 e. The minimum atomic E-state index is -0.416. The summed E-state index contributed by atoms with van der Waals surface area (Å²) in [7, 11) is 1.38. The normalized spacial score (nSPS) is 21.4. The van der Waals surface area contributed by atoms with E-state index in [1.807, 2.05) is 12.1 Å². The van der Waals surface area contributed by atoms with Gasteiger partial charge in [0.15, 0.2) is 0 Å². The molecule has 0 spiro atoms. The molecule has 0 saturated heterocycles. The van der Waals surface area contributed by atoms with Crippen LogP contribution < -0.4 is 5.32 Å². The van der Waals surface area contributed by atoms with Gasteiger partial charge in [-0.3, -0.25) is 5.32 Å². The number of benzene rings is 1. The molecule has 0 aliphatic heterocycles. The van der Waals surface area contributed by atoms with Gasteiger partial charge in [-0.15, -0.1) is 0 Å². The molecule has 1 saturated carbocycles. The Morgan fingerprint density at radius 1 is 1.14 bits per heavy atom. The minimum absolute atomic E-state index is 0.416. The number of unbranched alkanes of at least 4 members (excludes halogenated alkanes) is 2. The molecule has 3 nitrogen and oxygen atoms in total. The van der Waals surface area contributed by atoms with E-state index < -0.39 is 6.09 Å². The van der Waals surface area contributed by atoms with E-state index in [0.29, 0.717) is 5.92 Å². The number of anilines is 1. The highest BCUT2D eigenvalue weighted by Crippen LogP contribution is 2.37. The first kappa shape index (κ1) is 16.9. The summed E-state index contributed by atoms with van der Waals surface area (Å²) in [6.45, 7) is 2.27. The lowest BCUT2D eigenvalue weighted by Gasteiger charge is -2.29. The zero-order chi connectivity index (χ0) is 15.8. The summed E-state index contributed by atoms with van der Waals surface area (Å²) in [6, 6.07) is 8.24. The average Bonchev–Trinajstić information content (AvgIpc) is 2.56. The van der Waals surface area contributed by atoms with Crippen molar-refractivity contribution in [1.29, 1.82) is 0 Å². The van der Waals surface area contributed by atoms with Crippen LogP contribution in [-0.4, -0.2) is 13.2 Å². The first-order valence-electron chi connectivity index (χ1n) is 8.67. The standard InChI is InChI=1S/C19H29NO2/c1-3-4-5-6-15-7-9-16(10-8-15)17-11-13-18(14-12-17)20-19(21)22-2/h11-16H,3-10H2,1-2H3,(H,20,21). The van der Waals surface area contributed by atoms with Crippen molar-refractivity contribution in [1.82, 2.24) is 0 Å². The number of hydrogen-bond acceptors (Lipinski definition) is 2. The van der Waals surface area contributed by atoms with Crippen LogP contribution in [0.5, 0.6) is 0 Å². The summed E-state index contributed by atoms with van der Waals surface area (Å²) in [5.41, 5.74) is 2.20. The summed E-state index contributed by atoms with van der Waals surface area (Å²) in [5, 5.41) is 2.70. The third-order valence-corrected chi connectivity index (χ3v) is 4.88. The second-order valence-electron chi connectivity index (χ2n) is 6.45. The number of nitrogens with one attached hydrogen (secondary N) is 1. The smallest absolute Gasteiger partial charge is 0.411 e. The molecule has 122 valence electrons. The molecule has 0 radical (unpaired) electrons. The highest BCUT2D eigenvalue weighted by atomic mass is 16.5. The van der Waals surface area contributed by atoms with E-state index in [1.165, 1.54) is 64.0 Å². The van der Waals surface area contributed by atoms with Gasteiger partial charge in [0.1, 0.15) is 0 Å². The van der Waals surface area contributed by atoms with Crippen molar-refractivity contribution in [3.05, 3.63) is 29.8 Å². The third kappa shape index (κ3) is 5.04. The molecular weight excluding hydrogens is 274 g/mol. The van der Waals surface area contributed by atoms with E-state index in [0.717, 1.165) is 11.6 Å². The summed E-state index contributed by atoms with van der Waals surface area (Å²) < 4.78 is 4.60. The van der Waals surface area contributed by atoms with Gasteiger partial charge in [-0.25, -0.2) is 4.79 Å². The van der Waals surface area contributed by atoms with Crippen LogP contribution in [0.15, 0.2) is 24.3 Å². The lowest BCUT2D eigenvalue weighted by atomic mass is 9.77. The van der Waals surface area contributed by atoms with Gasteiger partial charge in [-0.1, -0.05) is 44.7 Å². The van der Waals surface area contributed by atoms with Gasteiger partial charge < -0.3 is 4.74 Å². The highest BCUT2D eigenvalue weighted by molar-refractivity contribution is 5.84. The number of rotatable bonds is 6. The van der Waals surface area contributed by atoms with Crippen LogP contribution in [0.25, 0.3) is 0 Å². The Bertz CT molecular complexity index is 447. The molecular formula is C19H29NO2. The molecule has 0 heterocycles. The van der Waals surface area contributed by atoms with Crippen molar-refractivity contribution in [2.75, 3.05) is 12.4 Å². The van der Waals surface area contributed by atoms with Gasteiger partial charge in [0, 0.05) is 5.69 Å². The van der Waals surface area contributed by atoms with Crippen molar-refractivity contribution >= 4 is 11.8 Å². The zero-order valence-electron chi connectivity index (χ0n) is 13.9. The Balaban J connectivity index is 1.80. The second kappa shape index (κ2) is 8.82. The summed E-state index contributed by atoms with van der Waals surface area (Å²) >= 11 is 0. The lowest BCUT2D eigenvalue weighted by molar-refractivity contribution is 0.187. The Kier molecular flexibility index (Phi) is 6.75. The summed E-state index contributed by atoms with van der Waals surface area (Å²) in [4.78, 5) is 11.2. The van der Waals surface area contributed by atoms with Crippen molar-refractivity contribution in [3.8, 4) is 0 Å². The molecule has 22 heavy (non-hydrogen) atoms. The van der Waals surface area contributed by atoms with E-state index in [2.05, 4.69) is 29.1 Å². The molecule has 1 aromatic carbocycles. The lowest BCUT2D eigenvalue weighted by Crippen LogP contribution is -2.14. The van der Waals surface area contributed by atoms with Crippen LogP contribution >= 0.6 is 0 Å². The molecule has 0 atom stereocenters. The molecule has 3 heteroatoms. The molecule has 0 aromatic heterocycles. The molecule has 0 unspecified atom stereocenters. The van der Waals surface area contributed by atoms with Crippen LogP contribution in [0, 0.1) is 5.92 Å². The van der Waals surface area contributed by atoms with Crippen molar-refractivity contribution in [2.24, 2.45) is 5.92 Å². The maximum absolute atomic E-state index is 11.2. The molecule has 1 fully saturated rings. The van der Waals surface area contributed by atoms with Crippen molar-refractivity contribution < 1.29 is 9.53 Å². The van der Waals surface area contributed by atoms with E-state index in [-0.39, 0.29) is 0 Å².